The van der Waals surface area contributed by atoms with Crippen molar-refractivity contribution in [3.05, 3.63) is 64.3 Å². The lowest BCUT2D eigenvalue weighted by Crippen LogP contribution is -2.25. The summed E-state index contributed by atoms with van der Waals surface area (Å²) in [6, 6.07) is 5.53. The smallest absolute Gasteiger partial charge is 0.345 e. The SMILES string of the molecule is O=C(NCc1nnc2ccc(C(F)(F)F)cn12)c1cc(Cl)ccc1F. The first kappa shape index (κ1) is 17.2. The Bertz CT molecular complexity index is 954. The highest BCUT2D eigenvalue weighted by Crippen LogP contribution is 2.29. The average Bonchev–Trinajstić information content (AvgIpc) is 2.96. The summed E-state index contributed by atoms with van der Waals surface area (Å²) in [6.45, 7) is -0.243. The molecule has 0 aliphatic carbocycles. The Labute approximate surface area is 143 Å². The second kappa shape index (κ2) is 6.32. The zero-order valence-corrected chi connectivity index (χ0v) is 13.1. The van der Waals surface area contributed by atoms with Crippen LogP contribution in [0.2, 0.25) is 5.02 Å². The first-order valence-electron chi connectivity index (χ1n) is 6.90. The number of pyridine rings is 1. The molecule has 3 rings (SSSR count). The molecule has 25 heavy (non-hydrogen) atoms. The number of hydrogen-bond acceptors (Lipinski definition) is 3. The van der Waals surface area contributed by atoms with Gasteiger partial charge < -0.3 is 5.32 Å². The van der Waals surface area contributed by atoms with Gasteiger partial charge in [0.05, 0.1) is 17.7 Å². The molecule has 1 aromatic carbocycles. The van der Waals surface area contributed by atoms with Crippen molar-refractivity contribution in [2.24, 2.45) is 0 Å². The molecule has 5 nitrogen and oxygen atoms in total. The third-order valence-electron chi connectivity index (χ3n) is 3.38. The van der Waals surface area contributed by atoms with Gasteiger partial charge in [-0.05, 0) is 30.3 Å². The molecule has 0 radical (unpaired) electrons. The van der Waals surface area contributed by atoms with Crippen LogP contribution in [-0.2, 0) is 12.7 Å². The number of halogens is 5. The van der Waals surface area contributed by atoms with E-state index in [9.17, 15) is 22.4 Å². The number of carbonyl (C=O) groups excluding carboxylic acids is 1. The van der Waals surface area contributed by atoms with Gasteiger partial charge in [0.2, 0.25) is 0 Å². The second-order valence-corrected chi connectivity index (χ2v) is 5.50. The molecule has 0 aliphatic heterocycles. The average molecular weight is 373 g/mol. The fraction of sp³-hybridized carbons (Fsp3) is 0.133. The van der Waals surface area contributed by atoms with E-state index in [1.165, 1.54) is 6.07 Å². The Kier molecular flexibility index (Phi) is 4.34. The van der Waals surface area contributed by atoms with Gasteiger partial charge >= 0.3 is 6.18 Å². The molecular weight excluding hydrogens is 364 g/mol. The number of nitrogens with one attached hydrogen (secondary N) is 1. The minimum Gasteiger partial charge on any atom is -0.345 e. The Hall–Kier alpha value is -2.68. The van der Waals surface area contributed by atoms with Crippen molar-refractivity contribution in [2.75, 3.05) is 0 Å². The fourth-order valence-electron chi connectivity index (χ4n) is 2.15. The molecule has 130 valence electrons. The Morgan fingerprint density at radius 1 is 1.20 bits per heavy atom. The molecule has 3 aromatic rings. The van der Waals surface area contributed by atoms with Crippen LogP contribution in [0.5, 0.6) is 0 Å². The summed E-state index contributed by atoms with van der Waals surface area (Å²) in [5.41, 5.74) is -0.975. The number of carbonyl (C=O) groups is 1. The second-order valence-electron chi connectivity index (χ2n) is 5.07. The predicted molar refractivity (Wildman–Crippen MR) is 80.6 cm³/mol. The largest absolute Gasteiger partial charge is 0.417 e. The van der Waals surface area contributed by atoms with Crippen molar-refractivity contribution in [3.8, 4) is 0 Å². The first-order valence-corrected chi connectivity index (χ1v) is 7.27. The summed E-state index contributed by atoms with van der Waals surface area (Å²) in [5.74, 6) is -1.48. The highest BCUT2D eigenvalue weighted by Gasteiger charge is 2.31. The van der Waals surface area contributed by atoms with Crippen LogP contribution < -0.4 is 5.32 Å². The summed E-state index contributed by atoms with van der Waals surface area (Å²) in [6.07, 6.45) is -3.69. The van der Waals surface area contributed by atoms with Gasteiger partial charge in [0.1, 0.15) is 5.82 Å². The van der Waals surface area contributed by atoms with Crippen molar-refractivity contribution in [1.82, 2.24) is 19.9 Å². The maximum absolute atomic E-state index is 13.6. The number of amides is 1. The van der Waals surface area contributed by atoms with Crippen molar-refractivity contribution in [3.63, 3.8) is 0 Å². The lowest BCUT2D eigenvalue weighted by Gasteiger charge is -2.08. The van der Waals surface area contributed by atoms with E-state index in [0.717, 1.165) is 34.9 Å². The molecule has 0 unspecified atom stereocenters. The summed E-state index contributed by atoms with van der Waals surface area (Å²) < 4.78 is 53.1. The number of rotatable bonds is 3. The van der Waals surface area contributed by atoms with Crippen molar-refractivity contribution in [1.29, 1.82) is 0 Å². The molecule has 10 heteroatoms. The van der Waals surface area contributed by atoms with E-state index in [1.54, 1.807) is 0 Å². The number of alkyl halides is 3. The van der Waals surface area contributed by atoms with Crippen molar-refractivity contribution >= 4 is 23.2 Å². The summed E-state index contributed by atoms with van der Waals surface area (Å²) >= 11 is 5.72. The Morgan fingerprint density at radius 2 is 1.96 bits per heavy atom. The summed E-state index contributed by atoms with van der Waals surface area (Å²) in [5, 5.41) is 10.0. The van der Waals surface area contributed by atoms with Gasteiger partial charge in [0.15, 0.2) is 11.5 Å². The van der Waals surface area contributed by atoms with Gasteiger partial charge in [-0.2, -0.15) is 13.2 Å². The number of nitrogens with zero attached hydrogens (tertiary/aromatic N) is 3. The predicted octanol–water partition coefficient (Wildman–Crippen LogP) is 3.47. The Balaban J connectivity index is 1.83. The van der Waals surface area contributed by atoms with Gasteiger partial charge in [-0.3, -0.25) is 9.20 Å². The van der Waals surface area contributed by atoms with Crippen LogP contribution in [0.4, 0.5) is 17.6 Å². The molecule has 2 heterocycles. The highest BCUT2D eigenvalue weighted by molar-refractivity contribution is 6.31. The van der Waals surface area contributed by atoms with Crippen molar-refractivity contribution in [2.45, 2.75) is 12.7 Å². The molecule has 0 saturated carbocycles. The molecule has 1 amide bonds. The number of fused-ring (bicyclic) bond motifs is 1. The fourth-order valence-corrected chi connectivity index (χ4v) is 2.32. The third-order valence-corrected chi connectivity index (χ3v) is 3.62. The molecule has 0 aliphatic rings. The van der Waals surface area contributed by atoms with Crippen molar-refractivity contribution < 1.29 is 22.4 Å². The van der Waals surface area contributed by atoms with E-state index in [2.05, 4.69) is 15.5 Å². The van der Waals surface area contributed by atoms with E-state index in [-0.39, 0.29) is 28.6 Å². The van der Waals surface area contributed by atoms with Crippen LogP contribution >= 0.6 is 11.6 Å². The van der Waals surface area contributed by atoms with Crippen LogP contribution in [0.25, 0.3) is 5.65 Å². The highest BCUT2D eigenvalue weighted by atomic mass is 35.5. The first-order chi connectivity index (χ1) is 11.8. The molecule has 0 spiro atoms. The van der Waals surface area contributed by atoms with Crippen LogP contribution in [0.1, 0.15) is 21.7 Å². The topological polar surface area (TPSA) is 59.3 Å². The molecule has 1 N–H and O–H groups in total. The van der Waals surface area contributed by atoms with Crippen LogP contribution in [-0.4, -0.2) is 20.5 Å². The van der Waals surface area contributed by atoms with Crippen LogP contribution in [0, 0.1) is 5.82 Å². The monoisotopic (exact) mass is 372 g/mol. The molecule has 2 aromatic heterocycles. The molecule has 0 atom stereocenters. The minimum absolute atomic E-state index is 0.0666. The Morgan fingerprint density at radius 3 is 2.68 bits per heavy atom. The minimum atomic E-state index is -4.52. The molecule has 0 bridgehead atoms. The summed E-state index contributed by atoms with van der Waals surface area (Å²) in [7, 11) is 0. The maximum atomic E-state index is 13.6. The van der Waals surface area contributed by atoms with Crippen LogP contribution in [0.15, 0.2) is 36.5 Å². The third kappa shape index (κ3) is 3.55. The molecule has 0 saturated heterocycles. The maximum Gasteiger partial charge on any atom is 0.417 e. The van der Waals surface area contributed by atoms with Crippen LogP contribution in [0.3, 0.4) is 0 Å². The van der Waals surface area contributed by atoms with Gasteiger partial charge in [-0.1, -0.05) is 11.6 Å². The number of aromatic nitrogens is 3. The normalized spacial score (nSPS) is 11.7. The molecular formula is C15H9ClF4N4O. The van der Waals surface area contributed by atoms with Gasteiger partial charge in [-0.15, -0.1) is 10.2 Å². The summed E-state index contributed by atoms with van der Waals surface area (Å²) in [4.78, 5) is 12.0. The number of hydrogen-bond donors (Lipinski definition) is 1. The van der Waals surface area contributed by atoms with E-state index in [4.69, 9.17) is 11.6 Å². The zero-order valence-electron chi connectivity index (χ0n) is 12.3. The van der Waals surface area contributed by atoms with Gasteiger partial charge in [0.25, 0.3) is 5.91 Å². The van der Waals surface area contributed by atoms with Gasteiger partial charge in [-0.25, -0.2) is 4.39 Å². The lowest BCUT2D eigenvalue weighted by atomic mass is 10.2. The number of benzene rings is 1. The van der Waals surface area contributed by atoms with E-state index < -0.39 is 23.5 Å². The van der Waals surface area contributed by atoms with E-state index in [0.29, 0.717) is 0 Å². The van der Waals surface area contributed by atoms with E-state index >= 15 is 0 Å². The standard InChI is InChI=1S/C15H9ClF4N4O/c16-9-2-3-11(17)10(5-9)14(25)21-6-13-23-22-12-4-1-8(7-24(12)13)15(18,19)20/h1-5,7H,6H2,(H,21,25). The lowest BCUT2D eigenvalue weighted by molar-refractivity contribution is -0.137. The molecule has 0 fully saturated rings. The quantitative estimate of drug-likeness (QED) is 0.716. The van der Waals surface area contributed by atoms with Gasteiger partial charge in [0, 0.05) is 11.2 Å². The van der Waals surface area contributed by atoms with E-state index in [1.807, 2.05) is 0 Å². The zero-order chi connectivity index (χ0) is 18.2.